The van der Waals surface area contributed by atoms with E-state index in [0.717, 1.165) is 38.5 Å². The van der Waals surface area contributed by atoms with Crippen molar-refractivity contribution in [2.45, 2.75) is 45.6 Å². The summed E-state index contributed by atoms with van der Waals surface area (Å²) in [5.74, 6) is 0.944. The maximum absolute atomic E-state index is 5.88. The minimum Gasteiger partial charge on any atom is -0.478 e. The van der Waals surface area contributed by atoms with E-state index >= 15 is 0 Å². The summed E-state index contributed by atoms with van der Waals surface area (Å²) < 4.78 is 13.3. The highest BCUT2D eigenvalue weighted by atomic mass is 16.5. The Kier molecular flexibility index (Phi) is 3.72. The van der Waals surface area contributed by atoms with Crippen LogP contribution in [0.2, 0.25) is 0 Å². The lowest BCUT2D eigenvalue weighted by molar-refractivity contribution is 0.104. The van der Waals surface area contributed by atoms with Gasteiger partial charge in [0, 0.05) is 31.7 Å². The van der Waals surface area contributed by atoms with Gasteiger partial charge in [0.15, 0.2) is 0 Å². The molecule has 0 saturated heterocycles. The zero-order chi connectivity index (χ0) is 12.3. The first-order valence-corrected chi connectivity index (χ1v) is 6.36. The summed E-state index contributed by atoms with van der Waals surface area (Å²) in [5.41, 5.74) is 1.27. The number of aromatic nitrogens is 2. The van der Waals surface area contributed by atoms with Crippen molar-refractivity contribution in [3.05, 3.63) is 11.8 Å². The van der Waals surface area contributed by atoms with Crippen LogP contribution in [0.15, 0.2) is 6.20 Å². The minimum absolute atomic E-state index is 0.0776. The van der Waals surface area contributed by atoms with E-state index in [1.165, 1.54) is 5.56 Å². The molecule has 0 saturated carbocycles. The third kappa shape index (κ3) is 3.00. The molecule has 0 bridgehead atoms. The van der Waals surface area contributed by atoms with Gasteiger partial charge in [-0.1, -0.05) is 20.8 Å². The fourth-order valence-corrected chi connectivity index (χ4v) is 1.95. The first kappa shape index (κ1) is 12.4. The number of aryl methyl sites for hydroxylation is 1. The van der Waals surface area contributed by atoms with E-state index in [-0.39, 0.29) is 5.41 Å². The molecule has 0 aromatic carbocycles. The zero-order valence-electron chi connectivity index (χ0n) is 11.0. The average Bonchev–Trinajstić information content (AvgIpc) is 2.66. The van der Waals surface area contributed by atoms with Crippen molar-refractivity contribution < 1.29 is 9.47 Å². The lowest BCUT2D eigenvalue weighted by Gasteiger charge is -2.20. The molecule has 0 N–H and O–H groups in total. The SMILES string of the molecule is CC(C)(C)c1cnn2c1OCCCOCCC2. The van der Waals surface area contributed by atoms with Crippen LogP contribution >= 0.6 is 0 Å². The van der Waals surface area contributed by atoms with E-state index in [4.69, 9.17) is 9.47 Å². The standard InChI is InChI=1S/C13H22N2O2/c1-13(2,3)11-10-14-15-6-4-7-16-8-5-9-17-12(11)15/h10H,4-9H2,1-3H3. The molecule has 17 heavy (non-hydrogen) atoms. The number of nitrogens with zero attached hydrogens (tertiary/aromatic N) is 2. The molecule has 96 valence electrons. The van der Waals surface area contributed by atoms with Crippen molar-refractivity contribution in [2.24, 2.45) is 0 Å². The largest absolute Gasteiger partial charge is 0.478 e. The van der Waals surface area contributed by atoms with E-state index < -0.39 is 0 Å². The van der Waals surface area contributed by atoms with Crippen molar-refractivity contribution in [1.82, 2.24) is 9.78 Å². The Morgan fingerprint density at radius 1 is 1.18 bits per heavy atom. The molecule has 4 nitrogen and oxygen atoms in total. The summed E-state index contributed by atoms with van der Waals surface area (Å²) in [6.45, 7) is 9.74. The van der Waals surface area contributed by atoms with Crippen LogP contribution < -0.4 is 4.74 Å². The number of ether oxygens (including phenoxy) is 2. The van der Waals surface area contributed by atoms with Gasteiger partial charge in [0.2, 0.25) is 5.88 Å². The normalized spacial score (nSPS) is 18.3. The predicted octanol–water partition coefficient (Wildman–Crippen LogP) is 2.37. The van der Waals surface area contributed by atoms with Gasteiger partial charge in [-0.2, -0.15) is 5.10 Å². The van der Waals surface area contributed by atoms with Gasteiger partial charge in [0.05, 0.1) is 12.8 Å². The van der Waals surface area contributed by atoms with Gasteiger partial charge in [-0.25, -0.2) is 4.68 Å². The summed E-state index contributed by atoms with van der Waals surface area (Å²) in [7, 11) is 0. The molecule has 0 atom stereocenters. The molecular formula is C13H22N2O2. The first-order valence-electron chi connectivity index (χ1n) is 6.36. The molecule has 0 fully saturated rings. The van der Waals surface area contributed by atoms with Gasteiger partial charge in [-0.15, -0.1) is 0 Å². The Morgan fingerprint density at radius 2 is 1.94 bits per heavy atom. The van der Waals surface area contributed by atoms with E-state index in [9.17, 15) is 0 Å². The molecule has 1 aromatic heterocycles. The molecule has 1 aromatic rings. The molecule has 0 unspecified atom stereocenters. The van der Waals surface area contributed by atoms with E-state index in [2.05, 4.69) is 25.9 Å². The van der Waals surface area contributed by atoms with E-state index in [1.807, 2.05) is 10.9 Å². The topological polar surface area (TPSA) is 36.3 Å². The van der Waals surface area contributed by atoms with Gasteiger partial charge < -0.3 is 9.47 Å². The van der Waals surface area contributed by atoms with Crippen LogP contribution in [0.1, 0.15) is 39.2 Å². The zero-order valence-corrected chi connectivity index (χ0v) is 11.0. The Balaban J connectivity index is 2.24. The molecule has 2 rings (SSSR count). The van der Waals surface area contributed by atoms with Crippen LogP contribution in [0, 0.1) is 0 Å². The highest BCUT2D eigenvalue weighted by Gasteiger charge is 2.23. The van der Waals surface area contributed by atoms with Crippen LogP contribution in [0.5, 0.6) is 5.88 Å². The molecule has 0 amide bonds. The Hall–Kier alpha value is -1.03. The molecule has 0 radical (unpaired) electrons. The molecular weight excluding hydrogens is 216 g/mol. The van der Waals surface area contributed by atoms with Gasteiger partial charge in [-0.3, -0.25) is 0 Å². The third-order valence-corrected chi connectivity index (χ3v) is 2.93. The van der Waals surface area contributed by atoms with Crippen LogP contribution in [0.3, 0.4) is 0 Å². The number of hydrogen-bond donors (Lipinski definition) is 0. The predicted molar refractivity (Wildman–Crippen MR) is 66.5 cm³/mol. The van der Waals surface area contributed by atoms with Gasteiger partial charge >= 0.3 is 0 Å². The third-order valence-electron chi connectivity index (χ3n) is 2.93. The van der Waals surface area contributed by atoms with Crippen LogP contribution in [0.4, 0.5) is 0 Å². The summed E-state index contributed by atoms with van der Waals surface area (Å²) >= 11 is 0. The van der Waals surface area contributed by atoms with Crippen molar-refractivity contribution >= 4 is 0 Å². The highest BCUT2D eigenvalue weighted by molar-refractivity contribution is 5.31. The minimum atomic E-state index is 0.0776. The van der Waals surface area contributed by atoms with Crippen molar-refractivity contribution in [2.75, 3.05) is 19.8 Å². The monoisotopic (exact) mass is 238 g/mol. The van der Waals surface area contributed by atoms with Crippen molar-refractivity contribution in [3.8, 4) is 5.88 Å². The quantitative estimate of drug-likeness (QED) is 0.696. The second-order valence-electron chi connectivity index (χ2n) is 5.50. The second-order valence-corrected chi connectivity index (χ2v) is 5.50. The van der Waals surface area contributed by atoms with Crippen molar-refractivity contribution in [3.63, 3.8) is 0 Å². The number of rotatable bonds is 0. The summed E-state index contributed by atoms with van der Waals surface area (Å²) in [6.07, 6.45) is 3.87. The fraction of sp³-hybridized carbons (Fsp3) is 0.769. The lowest BCUT2D eigenvalue weighted by Crippen LogP contribution is -2.17. The maximum Gasteiger partial charge on any atom is 0.215 e. The summed E-state index contributed by atoms with van der Waals surface area (Å²) in [6, 6.07) is 0. The first-order chi connectivity index (χ1) is 8.09. The lowest BCUT2D eigenvalue weighted by atomic mass is 9.89. The van der Waals surface area contributed by atoms with Crippen LogP contribution in [-0.2, 0) is 16.7 Å². The molecule has 2 heterocycles. The average molecular weight is 238 g/mol. The summed E-state index contributed by atoms with van der Waals surface area (Å²) in [4.78, 5) is 0. The Labute approximate surface area is 103 Å². The smallest absolute Gasteiger partial charge is 0.215 e. The number of fused-ring (bicyclic) bond motifs is 1. The van der Waals surface area contributed by atoms with Gasteiger partial charge in [-0.05, 0) is 11.8 Å². The second kappa shape index (κ2) is 5.08. The van der Waals surface area contributed by atoms with Gasteiger partial charge in [0.1, 0.15) is 0 Å². The fourth-order valence-electron chi connectivity index (χ4n) is 1.95. The van der Waals surface area contributed by atoms with Crippen LogP contribution in [-0.4, -0.2) is 29.6 Å². The van der Waals surface area contributed by atoms with Gasteiger partial charge in [0.25, 0.3) is 0 Å². The van der Waals surface area contributed by atoms with Crippen LogP contribution in [0.25, 0.3) is 0 Å². The van der Waals surface area contributed by atoms with E-state index in [1.54, 1.807) is 0 Å². The van der Waals surface area contributed by atoms with E-state index in [0.29, 0.717) is 6.61 Å². The maximum atomic E-state index is 5.88. The Morgan fingerprint density at radius 3 is 2.71 bits per heavy atom. The Bertz CT molecular complexity index is 366. The molecule has 4 heteroatoms. The van der Waals surface area contributed by atoms with Crippen molar-refractivity contribution in [1.29, 1.82) is 0 Å². The molecule has 1 aliphatic rings. The molecule has 0 aliphatic carbocycles. The molecule has 1 aliphatic heterocycles. The molecule has 0 spiro atoms. The summed E-state index contributed by atoms with van der Waals surface area (Å²) in [5, 5.41) is 4.43. The number of hydrogen-bond acceptors (Lipinski definition) is 3. The highest BCUT2D eigenvalue weighted by Crippen LogP contribution is 2.31.